The molecule has 0 atom stereocenters. The standard InChI is InChI=1S/C19H19NO2S2/c1-3-4-11-22-17-10-9-13-7-5-6-8-14(13)15(17)12-16-18(21)24-19(20-16)23-2/h5-10,12H,3-4,11H2,1-2H3/b16-12+. The quantitative estimate of drug-likeness (QED) is 0.534. The zero-order chi connectivity index (χ0) is 16.9. The first-order chi connectivity index (χ1) is 11.7. The molecule has 0 N–H and O–H groups in total. The number of rotatable bonds is 5. The highest BCUT2D eigenvalue weighted by molar-refractivity contribution is 8.45. The first-order valence-electron chi connectivity index (χ1n) is 7.94. The summed E-state index contributed by atoms with van der Waals surface area (Å²) >= 11 is 2.69. The molecule has 2 aromatic rings. The summed E-state index contributed by atoms with van der Waals surface area (Å²) in [7, 11) is 0. The lowest BCUT2D eigenvalue weighted by molar-refractivity contribution is -0.107. The van der Waals surface area contributed by atoms with E-state index in [-0.39, 0.29) is 5.12 Å². The average Bonchev–Trinajstić information content (AvgIpc) is 2.97. The Morgan fingerprint density at radius 3 is 2.83 bits per heavy atom. The topological polar surface area (TPSA) is 38.7 Å². The molecule has 24 heavy (non-hydrogen) atoms. The molecule has 1 aliphatic rings. The number of nitrogens with zero attached hydrogens (tertiary/aromatic N) is 1. The molecule has 124 valence electrons. The van der Waals surface area contributed by atoms with E-state index in [1.165, 1.54) is 23.5 Å². The molecule has 5 heteroatoms. The van der Waals surface area contributed by atoms with Crippen molar-refractivity contribution in [1.29, 1.82) is 0 Å². The van der Waals surface area contributed by atoms with Crippen molar-refractivity contribution in [2.24, 2.45) is 4.99 Å². The molecule has 0 radical (unpaired) electrons. The Labute approximate surface area is 150 Å². The van der Waals surface area contributed by atoms with Crippen LogP contribution in [-0.2, 0) is 4.79 Å². The average molecular weight is 358 g/mol. The lowest BCUT2D eigenvalue weighted by Crippen LogP contribution is -1.99. The van der Waals surface area contributed by atoms with E-state index >= 15 is 0 Å². The van der Waals surface area contributed by atoms with Crippen LogP contribution in [0.3, 0.4) is 0 Å². The Balaban J connectivity index is 2.08. The number of thioether (sulfide) groups is 2. The van der Waals surface area contributed by atoms with Crippen LogP contribution in [0.5, 0.6) is 5.75 Å². The van der Waals surface area contributed by atoms with E-state index in [9.17, 15) is 4.79 Å². The van der Waals surface area contributed by atoms with Gasteiger partial charge in [-0.25, -0.2) is 4.99 Å². The molecule has 0 fully saturated rings. The molecule has 0 aromatic heterocycles. The molecular formula is C19H19NO2S2. The monoisotopic (exact) mass is 357 g/mol. The molecule has 2 aromatic carbocycles. The van der Waals surface area contributed by atoms with Crippen molar-refractivity contribution in [2.75, 3.05) is 12.9 Å². The third kappa shape index (κ3) is 3.68. The number of carbonyl (C=O) groups excluding carboxylic acids is 1. The molecule has 0 spiro atoms. The zero-order valence-corrected chi connectivity index (χ0v) is 15.4. The minimum absolute atomic E-state index is 0.00760. The highest BCUT2D eigenvalue weighted by Gasteiger charge is 2.22. The largest absolute Gasteiger partial charge is 0.493 e. The van der Waals surface area contributed by atoms with Crippen LogP contribution in [-0.4, -0.2) is 22.4 Å². The third-order valence-electron chi connectivity index (χ3n) is 3.74. The SMILES string of the molecule is CCCCOc1ccc2ccccc2c1/C=C1/N=C(SC)SC1=O. The Morgan fingerprint density at radius 1 is 1.25 bits per heavy atom. The molecule has 0 bridgehead atoms. The van der Waals surface area contributed by atoms with E-state index in [2.05, 4.69) is 30.1 Å². The van der Waals surface area contributed by atoms with Crippen LogP contribution >= 0.6 is 23.5 Å². The smallest absolute Gasteiger partial charge is 0.244 e. The summed E-state index contributed by atoms with van der Waals surface area (Å²) in [5, 5.41) is 2.19. The Kier molecular flexibility index (Phi) is 5.63. The normalized spacial score (nSPS) is 16.0. The van der Waals surface area contributed by atoms with Crippen molar-refractivity contribution in [2.45, 2.75) is 19.8 Å². The number of aliphatic imine (C=N–C) groups is 1. The number of benzene rings is 2. The van der Waals surface area contributed by atoms with Gasteiger partial charge in [0, 0.05) is 5.56 Å². The van der Waals surface area contributed by atoms with Gasteiger partial charge >= 0.3 is 0 Å². The molecule has 3 rings (SSSR count). The fraction of sp³-hybridized carbons (Fsp3) is 0.263. The van der Waals surface area contributed by atoms with Gasteiger partial charge in [0.1, 0.15) is 15.8 Å². The van der Waals surface area contributed by atoms with Gasteiger partial charge in [0.25, 0.3) is 0 Å². The number of hydrogen-bond donors (Lipinski definition) is 0. The maximum absolute atomic E-state index is 12.2. The van der Waals surface area contributed by atoms with Gasteiger partial charge < -0.3 is 4.74 Å². The van der Waals surface area contributed by atoms with Crippen molar-refractivity contribution in [3.8, 4) is 5.75 Å². The zero-order valence-electron chi connectivity index (χ0n) is 13.7. The summed E-state index contributed by atoms with van der Waals surface area (Å²) in [6.07, 6.45) is 5.88. The van der Waals surface area contributed by atoms with Crippen LogP contribution in [0.15, 0.2) is 47.1 Å². The highest BCUT2D eigenvalue weighted by Crippen LogP contribution is 2.34. The van der Waals surface area contributed by atoms with E-state index in [0.29, 0.717) is 12.3 Å². The molecule has 0 saturated heterocycles. The van der Waals surface area contributed by atoms with Gasteiger partial charge in [0.2, 0.25) is 5.12 Å². The Morgan fingerprint density at radius 2 is 2.08 bits per heavy atom. The predicted octanol–water partition coefficient (Wildman–Crippen LogP) is 5.35. The number of carbonyl (C=O) groups is 1. The maximum Gasteiger partial charge on any atom is 0.244 e. The fourth-order valence-corrected chi connectivity index (χ4v) is 3.75. The fourth-order valence-electron chi connectivity index (χ4n) is 2.49. The Bertz CT molecular complexity index is 827. The summed E-state index contributed by atoms with van der Waals surface area (Å²) in [5.41, 5.74) is 1.42. The van der Waals surface area contributed by atoms with Gasteiger partial charge in [-0.15, -0.1) is 11.8 Å². The molecule has 3 nitrogen and oxygen atoms in total. The molecule has 0 unspecified atom stereocenters. The second-order valence-corrected chi connectivity index (χ2v) is 7.42. The second kappa shape index (κ2) is 7.90. The lowest BCUT2D eigenvalue weighted by atomic mass is 10.0. The first-order valence-corrected chi connectivity index (χ1v) is 9.98. The van der Waals surface area contributed by atoms with E-state index in [1.54, 1.807) is 0 Å². The van der Waals surface area contributed by atoms with Gasteiger partial charge in [0.15, 0.2) is 0 Å². The van der Waals surface area contributed by atoms with Crippen molar-refractivity contribution >= 4 is 49.9 Å². The van der Waals surface area contributed by atoms with Crippen LogP contribution in [0.2, 0.25) is 0 Å². The summed E-state index contributed by atoms with van der Waals surface area (Å²) in [6, 6.07) is 12.2. The van der Waals surface area contributed by atoms with Crippen LogP contribution < -0.4 is 4.74 Å². The second-order valence-electron chi connectivity index (χ2n) is 5.40. The van der Waals surface area contributed by atoms with Crippen LogP contribution in [0.4, 0.5) is 0 Å². The van der Waals surface area contributed by atoms with Crippen molar-refractivity contribution in [1.82, 2.24) is 0 Å². The Hall–Kier alpha value is -1.72. The molecule has 1 aliphatic heterocycles. The third-order valence-corrected chi connectivity index (χ3v) is 5.59. The molecule has 0 saturated carbocycles. The summed E-state index contributed by atoms with van der Waals surface area (Å²) in [5.74, 6) is 0.806. The highest BCUT2D eigenvalue weighted by atomic mass is 32.2. The molecule has 0 aliphatic carbocycles. The minimum Gasteiger partial charge on any atom is -0.493 e. The summed E-state index contributed by atoms with van der Waals surface area (Å²) in [4.78, 5) is 16.6. The maximum atomic E-state index is 12.2. The number of fused-ring (bicyclic) bond motifs is 1. The van der Waals surface area contributed by atoms with E-state index in [0.717, 1.165) is 39.3 Å². The number of unbranched alkanes of at least 4 members (excludes halogenated alkanes) is 1. The molecule has 0 amide bonds. The first kappa shape index (κ1) is 17.1. The van der Waals surface area contributed by atoms with Crippen molar-refractivity contribution in [3.05, 3.63) is 47.7 Å². The van der Waals surface area contributed by atoms with E-state index in [4.69, 9.17) is 4.74 Å². The summed E-state index contributed by atoms with van der Waals surface area (Å²) < 4.78 is 6.76. The van der Waals surface area contributed by atoms with E-state index < -0.39 is 0 Å². The number of hydrogen-bond acceptors (Lipinski definition) is 5. The molecule has 1 heterocycles. The van der Waals surface area contributed by atoms with Gasteiger partial charge in [-0.2, -0.15) is 0 Å². The predicted molar refractivity (Wildman–Crippen MR) is 106 cm³/mol. The van der Waals surface area contributed by atoms with Crippen LogP contribution in [0, 0.1) is 0 Å². The van der Waals surface area contributed by atoms with Crippen molar-refractivity contribution in [3.63, 3.8) is 0 Å². The van der Waals surface area contributed by atoms with E-state index in [1.807, 2.05) is 30.5 Å². The van der Waals surface area contributed by atoms with Crippen LogP contribution in [0.25, 0.3) is 16.8 Å². The van der Waals surface area contributed by atoms with Gasteiger partial charge in [0.05, 0.1) is 6.61 Å². The van der Waals surface area contributed by atoms with Gasteiger partial charge in [-0.3, -0.25) is 4.79 Å². The molecular weight excluding hydrogens is 338 g/mol. The lowest BCUT2D eigenvalue weighted by Gasteiger charge is -2.12. The number of ether oxygens (including phenoxy) is 1. The van der Waals surface area contributed by atoms with Gasteiger partial charge in [-0.05, 0) is 47.4 Å². The summed E-state index contributed by atoms with van der Waals surface area (Å²) in [6.45, 7) is 2.81. The van der Waals surface area contributed by atoms with Gasteiger partial charge in [-0.1, -0.05) is 43.7 Å². The van der Waals surface area contributed by atoms with Crippen LogP contribution in [0.1, 0.15) is 25.3 Å². The van der Waals surface area contributed by atoms with Crippen molar-refractivity contribution < 1.29 is 9.53 Å². The minimum atomic E-state index is -0.00760.